The van der Waals surface area contributed by atoms with Crippen LogP contribution in [0.15, 0.2) is 36.7 Å². The zero-order valence-electron chi connectivity index (χ0n) is 16.3. The number of carbonyl (C=O) groups excluding carboxylic acids is 1. The maximum Gasteiger partial charge on any atom is 0.315 e. The summed E-state index contributed by atoms with van der Waals surface area (Å²) in [4.78, 5) is 20.6. The quantitative estimate of drug-likeness (QED) is 0.751. The Kier molecular flexibility index (Phi) is 5.77. The molecule has 0 radical (unpaired) electrons. The molecule has 9 heteroatoms. The summed E-state index contributed by atoms with van der Waals surface area (Å²) in [6.45, 7) is 3.03. The highest BCUT2D eigenvalue weighted by molar-refractivity contribution is 5.74. The Morgan fingerprint density at radius 2 is 2.07 bits per heavy atom. The molecule has 2 fully saturated rings. The van der Waals surface area contributed by atoms with E-state index in [0.717, 1.165) is 11.3 Å². The predicted octanol–water partition coefficient (Wildman–Crippen LogP) is 1.21. The van der Waals surface area contributed by atoms with Gasteiger partial charge in [0, 0.05) is 25.0 Å². The van der Waals surface area contributed by atoms with E-state index in [1.54, 1.807) is 25.6 Å². The second-order valence-electron chi connectivity index (χ2n) is 6.98. The summed E-state index contributed by atoms with van der Waals surface area (Å²) >= 11 is 0. The summed E-state index contributed by atoms with van der Waals surface area (Å²) < 4.78 is 22.9. The van der Waals surface area contributed by atoms with E-state index in [0.29, 0.717) is 31.4 Å². The summed E-state index contributed by atoms with van der Waals surface area (Å²) in [5.74, 6) is 1.22. The van der Waals surface area contributed by atoms with Crippen LogP contribution < -0.4 is 20.1 Å². The molecule has 0 aromatic carbocycles. The van der Waals surface area contributed by atoms with Gasteiger partial charge in [-0.05, 0) is 30.7 Å². The third-order valence-corrected chi connectivity index (χ3v) is 5.02. The molecule has 0 saturated carbocycles. The number of nitrogens with one attached hydrogen (secondary N) is 2. The van der Waals surface area contributed by atoms with Crippen molar-refractivity contribution in [1.82, 2.24) is 20.6 Å². The fourth-order valence-corrected chi connectivity index (χ4v) is 3.52. The van der Waals surface area contributed by atoms with Crippen LogP contribution in [0.5, 0.6) is 11.6 Å². The zero-order valence-corrected chi connectivity index (χ0v) is 16.3. The number of aromatic nitrogens is 2. The molecule has 4 rings (SSSR count). The molecule has 0 unspecified atom stereocenters. The summed E-state index contributed by atoms with van der Waals surface area (Å²) in [7, 11) is 1.55. The molecule has 0 aliphatic carbocycles. The molecule has 2 aliphatic rings. The van der Waals surface area contributed by atoms with Crippen molar-refractivity contribution in [2.24, 2.45) is 0 Å². The summed E-state index contributed by atoms with van der Waals surface area (Å²) in [5, 5.41) is 5.76. The van der Waals surface area contributed by atoms with Crippen molar-refractivity contribution in [3.8, 4) is 11.6 Å². The number of rotatable bonds is 6. The van der Waals surface area contributed by atoms with Gasteiger partial charge in [-0.3, -0.25) is 4.98 Å². The van der Waals surface area contributed by atoms with Crippen molar-refractivity contribution in [1.29, 1.82) is 0 Å². The standard InChI is InChI=1S/C20H24N4O5/c1-12-15(4-3-6-21-12)29-16-11-28-18-14(10-27-19(16)18)24-20(25)23-9-13-5-7-22-17(8-13)26-2/h3-8,14,16,18-19H,9-11H2,1-2H3,(H2,23,24,25)/t14-,16-,18+,19+/m0/s1. The molecule has 2 aromatic heterocycles. The van der Waals surface area contributed by atoms with Gasteiger partial charge >= 0.3 is 6.03 Å². The molecule has 2 amide bonds. The van der Waals surface area contributed by atoms with Crippen LogP contribution in [0.1, 0.15) is 11.3 Å². The maximum atomic E-state index is 12.3. The van der Waals surface area contributed by atoms with E-state index in [2.05, 4.69) is 20.6 Å². The minimum atomic E-state index is -0.286. The minimum absolute atomic E-state index is 0.232. The van der Waals surface area contributed by atoms with E-state index in [-0.39, 0.29) is 30.4 Å². The Labute approximate surface area is 168 Å². The molecule has 4 atom stereocenters. The first-order chi connectivity index (χ1) is 14.1. The number of amides is 2. The van der Waals surface area contributed by atoms with Crippen molar-refractivity contribution in [2.75, 3.05) is 20.3 Å². The van der Waals surface area contributed by atoms with E-state index in [1.165, 1.54) is 0 Å². The molecular formula is C20H24N4O5. The summed E-state index contributed by atoms with van der Waals surface area (Å²) in [6.07, 6.45) is 2.65. The monoisotopic (exact) mass is 400 g/mol. The number of urea groups is 1. The maximum absolute atomic E-state index is 12.3. The van der Waals surface area contributed by atoms with Gasteiger partial charge in [-0.2, -0.15) is 0 Å². The summed E-state index contributed by atoms with van der Waals surface area (Å²) in [6, 6.07) is 6.78. The third kappa shape index (κ3) is 4.41. The van der Waals surface area contributed by atoms with E-state index in [1.807, 2.05) is 25.1 Å². The average Bonchev–Trinajstić information content (AvgIpc) is 3.32. The van der Waals surface area contributed by atoms with Gasteiger partial charge in [0.2, 0.25) is 5.88 Å². The Bertz CT molecular complexity index is 864. The number of hydrogen-bond acceptors (Lipinski definition) is 7. The molecule has 29 heavy (non-hydrogen) atoms. The lowest BCUT2D eigenvalue weighted by Gasteiger charge is -2.19. The SMILES string of the molecule is COc1cc(CNC(=O)N[C@H]2CO[C@H]3[C@@H]2OC[C@@H]3Oc2cccnc2C)ccn1. The molecule has 4 heterocycles. The van der Waals surface area contributed by atoms with Crippen molar-refractivity contribution >= 4 is 6.03 Å². The van der Waals surface area contributed by atoms with Gasteiger partial charge in [0.15, 0.2) is 6.10 Å². The van der Waals surface area contributed by atoms with E-state index < -0.39 is 0 Å². The van der Waals surface area contributed by atoms with Gasteiger partial charge in [0.1, 0.15) is 18.0 Å². The molecule has 2 N–H and O–H groups in total. The molecule has 154 valence electrons. The van der Waals surface area contributed by atoms with E-state index >= 15 is 0 Å². The van der Waals surface area contributed by atoms with Crippen LogP contribution >= 0.6 is 0 Å². The number of pyridine rings is 2. The number of carbonyl (C=O) groups is 1. The van der Waals surface area contributed by atoms with E-state index in [4.69, 9.17) is 18.9 Å². The molecule has 2 aromatic rings. The normalized spacial score (nSPS) is 25.3. The molecule has 2 saturated heterocycles. The van der Waals surface area contributed by atoms with Crippen LogP contribution in [0.3, 0.4) is 0 Å². The first-order valence-electron chi connectivity index (χ1n) is 9.49. The Morgan fingerprint density at radius 1 is 1.21 bits per heavy atom. The van der Waals surface area contributed by atoms with Gasteiger partial charge < -0.3 is 29.6 Å². The molecule has 2 aliphatic heterocycles. The number of aryl methyl sites for hydroxylation is 1. The fraction of sp³-hybridized carbons (Fsp3) is 0.450. The first-order valence-corrected chi connectivity index (χ1v) is 9.49. The highest BCUT2D eigenvalue weighted by Gasteiger charge is 2.49. The van der Waals surface area contributed by atoms with Crippen LogP contribution in [-0.4, -0.2) is 60.7 Å². The number of nitrogens with zero attached hydrogens (tertiary/aromatic N) is 2. The Hall–Kier alpha value is -2.91. The number of hydrogen-bond donors (Lipinski definition) is 2. The Balaban J connectivity index is 1.29. The number of ether oxygens (including phenoxy) is 4. The van der Waals surface area contributed by atoms with Gasteiger partial charge in [-0.1, -0.05) is 0 Å². The van der Waals surface area contributed by atoms with Crippen molar-refractivity contribution in [2.45, 2.75) is 37.8 Å². The molecule has 0 bridgehead atoms. The van der Waals surface area contributed by atoms with Crippen molar-refractivity contribution < 1.29 is 23.7 Å². The molecule has 0 spiro atoms. The third-order valence-electron chi connectivity index (χ3n) is 5.02. The largest absolute Gasteiger partial charge is 0.483 e. The Morgan fingerprint density at radius 3 is 2.90 bits per heavy atom. The average molecular weight is 400 g/mol. The first kappa shape index (κ1) is 19.4. The topological polar surface area (TPSA) is 104 Å². The van der Waals surface area contributed by atoms with Crippen molar-refractivity contribution in [3.63, 3.8) is 0 Å². The lowest BCUT2D eigenvalue weighted by molar-refractivity contribution is 0.0299. The number of methoxy groups -OCH3 is 1. The van der Waals surface area contributed by atoms with Crippen molar-refractivity contribution in [3.05, 3.63) is 47.9 Å². The minimum Gasteiger partial charge on any atom is -0.483 e. The van der Waals surface area contributed by atoms with Crippen LogP contribution in [0.2, 0.25) is 0 Å². The van der Waals surface area contributed by atoms with Gasteiger partial charge in [0.25, 0.3) is 0 Å². The highest BCUT2D eigenvalue weighted by atomic mass is 16.6. The molecule has 9 nitrogen and oxygen atoms in total. The summed E-state index contributed by atoms with van der Waals surface area (Å²) in [5.41, 5.74) is 1.71. The number of fused-ring (bicyclic) bond motifs is 1. The lowest BCUT2D eigenvalue weighted by Crippen LogP contribution is -2.48. The second-order valence-corrected chi connectivity index (χ2v) is 6.98. The van der Waals surface area contributed by atoms with Crippen LogP contribution in [0.25, 0.3) is 0 Å². The van der Waals surface area contributed by atoms with Gasteiger partial charge in [0.05, 0.1) is 32.1 Å². The fourth-order valence-electron chi connectivity index (χ4n) is 3.52. The predicted molar refractivity (Wildman–Crippen MR) is 103 cm³/mol. The zero-order chi connectivity index (χ0) is 20.2. The van der Waals surface area contributed by atoms with E-state index in [9.17, 15) is 4.79 Å². The molecular weight excluding hydrogens is 376 g/mol. The van der Waals surface area contributed by atoms with Crippen LogP contribution in [-0.2, 0) is 16.0 Å². The smallest absolute Gasteiger partial charge is 0.315 e. The lowest BCUT2D eigenvalue weighted by atomic mass is 10.1. The highest BCUT2D eigenvalue weighted by Crippen LogP contribution is 2.30. The van der Waals surface area contributed by atoms with Gasteiger partial charge in [-0.25, -0.2) is 9.78 Å². The van der Waals surface area contributed by atoms with Gasteiger partial charge in [-0.15, -0.1) is 0 Å². The second kappa shape index (κ2) is 8.62. The van der Waals surface area contributed by atoms with Crippen LogP contribution in [0, 0.1) is 6.92 Å². The van der Waals surface area contributed by atoms with Crippen LogP contribution in [0.4, 0.5) is 4.79 Å².